The summed E-state index contributed by atoms with van der Waals surface area (Å²) in [5.74, 6) is 5.03. The van der Waals surface area contributed by atoms with Crippen molar-refractivity contribution in [2.45, 2.75) is 32.1 Å². The van der Waals surface area contributed by atoms with E-state index in [2.05, 4.69) is 5.10 Å². The van der Waals surface area contributed by atoms with Crippen LogP contribution in [0.2, 0.25) is 0 Å². The van der Waals surface area contributed by atoms with Gasteiger partial charge in [0.25, 0.3) is 0 Å². The molecule has 0 aromatic carbocycles. The monoisotopic (exact) mass is 252 g/mol. The van der Waals surface area contributed by atoms with Crippen molar-refractivity contribution < 1.29 is 17.9 Å². The van der Waals surface area contributed by atoms with E-state index >= 15 is 0 Å². The highest BCUT2D eigenvalue weighted by Gasteiger charge is 2.44. The second kappa shape index (κ2) is 4.92. The topological polar surface area (TPSA) is 65.1 Å². The molecule has 3 N–H and O–H groups in total. The summed E-state index contributed by atoms with van der Waals surface area (Å²) in [7, 11) is 1.29. The third-order valence-electron chi connectivity index (χ3n) is 2.28. The van der Waals surface area contributed by atoms with Gasteiger partial charge in [-0.1, -0.05) is 0 Å². The molecule has 17 heavy (non-hydrogen) atoms. The minimum atomic E-state index is -4.52. The van der Waals surface area contributed by atoms with Crippen molar-refractivity contribution in [1.82, 2.24) is 15.2 Å². The Morgan fingerprint density at radius 2 is 2.06 bits per heavy atom. The Bertz CT molecular complexity index is 375. The van der Waals surface area contributed by atoms with E-state index in [1.54, 1.807) is 19.3 Å². The van der Waals surface area contributed by atoms with Crippen LogP contribution in [0.3, 0.4) is 0 Å². The molecule has 1 aromatic heterocycles. The summed E-state index contributed by atoms with van der Waals surface area (Å²) in [5.41, 5.74) is 1.62. The second-order valence-electron chi connectivity index (χ2n) is 3.78. The number of halogens is 3. The highest BCUT2D eigenvalue weighted by atomic mass is 19.4. The quantitative estimate of drug-likeness (QED) is 0.630. The minimum absolute atomic E-state index is 0.0546. The first-order chi connectivity index (χ1) is 7.82. The number of hydrazine groups is 1. The maximum absolute atomic E-state index is 12.8. The fourth-order valence-corrected chi connectivity index (χ4v) is 1.53. The van der Waals surface area contributed by atoms with Crippen molar-refractivity contribution in [3.05, 3.63) is 11.9 Å². The van der Waals surface area contributed by atoms with Crippen LogP contribution in [-0.4, -0.2) is 23.1 Å². The summed E-state index contributed by atoms with van der Waals surface area (Å²) in [6.07, 6.45) is -3.28. The number of nitrogens with one attached hydrogen (secondary N) is 1. The predicted molar refractivity (Wildman–Crippen MR) is 55.3 cm³/mol. The van der Waals surface area contributed by atoms with Crippen LogP contribution in [-0.2, 0) is 0 Å². The molecule has 1 heterocycles. The molecular weight excluding hydrogens is 237 g/mol. The molecule has 98 valence electrons. The largest absolute Gasteiger partial charge is 0.493 e. The SMILES string of the molecule is COc1cnn(C(C)C)c1C(NN)C(F)(F)F. The van der Waals surface area contributed by atoms with Crippen molar-refractivity contribution >= 4 is 0 Å². The van der Waals surface area contributed by atoms with Gasteiger partial charge in [0.15, 0.2) is 11.8 Å². The summed E-state index contributed by atoms with van der Waals surface area (Å²) in [4.78, 5) is 0. The molecular formula is C9H15F3N4O. The number of hydrogen-bond acceptors (Lipinski definition) is 4. The number of nitrogens with two attached hydrogens (primary N) is 1. The Morgan fingerprint density at radius 3 is 2.41 bits per heavy atom. The van der Waals surface area contributed by atoms with Crippen LogP contribution >= 0.6 is 0 Å². The van der Waals surface area contributed by atoms with E-state index in [0.717, 1.165) is 0 Å². The molecule has 0 spiro atoms. The van der Waals surface area contributed by atoms with Gasteiger partial charge in [0, 0.05) is 6.04 Å². The van der Waals surface area contributed by atoms with E-state index in [4.69, 9.17) is 10.6 Å². The summed E-state index contributed by atoms with van der Waals surface area (Å²) in [5, 5.41) is 3.86. The lowest BCUT2D eigenvalue weighted by atomic mass is 10.2. The van der Waals surface area contributed by atoms with Gasteiger partial charge in [-0.25, -0.2) is 5.43 Å². The molecule has 5 nitrogen and oxygen atoms in total. The molecule has 0 aliphatic heterocycles. The molecule has 0 amide bonds. The average molecular weight is 252 g/mol. The van der Waals surface area contributed by atoms with Crippen LogP contribution in [0.5, 0.6) is 5.75 Å². The van der Waals surface area contributed by atoms with Gasteiger partial charge in [-0.05, 0) is 13.8 Å². The fraction of sp³-hybridized carbons (Fsp3) is 0.667. The highest BCUT2D eigenvalue weighted by Crippen LogP contribution is 2.37. The Morgan fingerprint density at radius 1 is 1.47 bits per heavy atom. The van der Waals surface area contributed by atoms with Gasteiger partial charge < -0.3 is 4.74 Å². The first kappa shape index (κ1) is 13.8. The number of aromatic nitrogens is 2. The Labute approximate surface area is 96.7 Å². The lowest BCUT2D eigenvalue weighted by Gasteiger charge is -2.22. The van der Waals surface area contributed by atoms with Gasteiger partial charge in [-0.2, -0.15) is 18.3 Å². The molecule has 0 aliphatic rings. The third-order valence-corrected chi connectivity index (χ3v) is 2.28. The van der Waals surface area contributed by atoms with Crippen molar-refractivity contribution in [2.75, 3.05) is 7.11 Å². The molecule has 0 radical (unpaired) electrons. The maximum atomic E-state index is 12.8. The standard InChI is InChI=1S/C9H15F3N4O/c1-5(2)16-7(6(17-3)4-14-16)8(15-13)9(10,11)12/h4-5,8,15H,13H2,1-3H3. The van der Waals surface area contributed by atoms with Gasteiger partial charge in [-0.3, -0.25) is 10.5 Å². The molecule has 1 aromatic rings. The van der Waals surface area contributed by atoms with Gasteiger partial charge in [-0.15, -0.1) is 0 Å². The van der Waals surface area contributed by atoms with Crippen molar-refractivity contribution in [3.63, 3.8) is 0 Å². The third kappa shape index (κ3) is 2.70. The summed E-state index contributed by atoms with van der Waals surface area (Å²) in [6.45, 7) is 3.44. The van der Waals surface area contributed by atoms with Crippen LogP contribution in [0.25, 0.3) is 0 Å². The Balaban J connectivity index is 3.29. The highest BCUT2D eigenvalue weighted by molar-refractivity contribution is 5.29. The predicted octanol–water partition coefficient (Wildman–Crippen LogP) is 1.54. The van der Waals surface area contributed by atoms with E-state index in [1.807, 2.05) is 0 Å². The number of ether oxygens (including phenoxy) is 1. The minimum Gasteiger partial charge on any atom is -0.493 e. The van der Waals surface area contributed by atoms with Crippen molar-refractivity contribution in [3.8, 4) is 5.75 Å². The van der Waals surface area contributed by atoms with Gasteiger partial charge >= 0.3 is 6.18 Å². The van der Waals surface area contributed by atoms with Gasteiger partial charge in [0.05, 0.1) is 13.3 Å². The summed E-state index contributed by atoms with van der Waals surface area (Å²) >= 11 is 0. The number of rotatable bonds is 4. The number of alkyl halides is 3. The van der Waals surface area contributed by atoms with Gasteiger partial charge in [0.1, 0.15) is 5.69 Å². The summed E-state index contributed by atoms with van der Waals surface area (Å²) < 4.78 is 44.5. The lowest BCUT2D eigenvalue weighted by molar-refractivity contribution is -0.159. The first-order valence-electron chi connectivity index (χ1n) is 4.97. The second-order valence-corrected chi connectivity index (χ2v) is 3.78. The Kier molecular flexibility index (Phi) is 3.99. The number of methoxy groups -OCH3 is 1. The van der Waals surface area contributed by atoms with E-state index in [9.17, 15) is 13.2 Å². The zero-order chi connectivity index (χ0) is 13.2. The zero-order valence-corrected chi connectivity index (χ0v) is 9.75. The number of nitrogens with zero attached hydrogens (tertiary/aromatic N) is 2. The van der Waals surface area contributed by atoms with Gasteiger partial charge in [0.2, 0.25) is 0 Å². The lowest BCUT2D eigenvalue weighted by Crippen LogP contribution is -2.40. The molecule has 0 saturated carbocycles. The van der Waals surface area contributed by atoms with Crippen LogP contribution < -0.4 is 16.0 Å². The van der Waals surface area contributed by atoms with Crippen LogP contribution in [0, 0.1) is 0 Å². The Hall–Kier alpha value is -1.28. The first-order valence-corrected chi connectivity index (χ1v) is 4.97. The van der Waals surface area contributed by atoms with E-state index in [0.29, 0.717) is 0 Å². The molecule has 1 atom stereocenters. The van der Waals surface area contributed by atoms with E-state index < -0.39 is 12.2 Å². The molecule has 0 saturated heterocycles. The smallest absolute Gasteiger partial charge is 0.410 e. The van der Waals surface area contributed by atoms with Crippen molar-refractivity contribution in [2.24, 2.45) is 5.84 Å². The van der Waals surface area contributed by atoms with E-state index in [-0.39, 0.29) is 17.5 Å². The number of hydrogen-bond donors (Lipinski definition) is 2. The average Bonchev–Trinajstić information content (AvgIpc) is 2.60. The molecule has 0 fully saturated rings. The molecule has 1 unspecified atom stereocenters. The fourth-order valence-electron chi connectivity index (χ4n) is 1.53. The van der Waals surface area contributed by atoms with Crippen molar-refractivity contribution in [1.29, 1.82) is 0 Å². The molecule has 0 aliphatic carbocycles. The maximum Gasteiger partial charge on any atom is 0.410 e. The zero-order valence-electron chi connectivity index (χ0n) is 9.75. The normalized spacial score (nSPS) is 14.1. The van der Waals surface area contributed by atoms with E-state index in [1.165, 1.54) is 18.0 Å². The van der Waals surface area contributed by atoms with Crippen LogP contribution in [0.4, 0.5) is 13.2 Å². The van der Waals surface area contributed by atoms with Crippen LogP contribution in [0.1, 0.15) is 31.6 Å². The summed E-state index contributed by atoms with van der Waals surface area (Å²) in [6, 6.07) is -2.24. The van der Waals surface area contributed by atoms with Crippen LogP contribution in [0.15, 0.2) is 6.20 Å². The molecule has 8 heteroatoms. The molecule has 1 rings (SSSR count). The molecule has 0 bridgehead atoms.